The maximum atomic E-state index is 5.74. The van der Waals surface area contributed by atoms with E-state index in [2.05, 4.69) is 31.2 Å². The number of hydrogen-bond donors (Lipinski definition) is 1. The molecule has 1 aromatic rings. The van der Waals surface area contributed by atoms with Crippen molar-refractivity contribution >= 4 is 0 Å². The molecular formula is C10H13N. The van der Waals surface area contributed by atoms with Crippen LogP contribution in [0.3, 0.4) is 0 Å². The number of nitrogens with two attached hydrogens (primary N) is 1. The van der Waals surface area contributed by atoms with E-state index in [-0.39, 0.29) is 0 Å². The van der Waals surface area contributed by atoms with Crippen LogP contribution in [0.5, 0.6) is 0 Å². The molecule has 1 saturated carbocycles. The molecule has 11 heavy (non-hydrogen) atoms. The lowest BCUT2D eigenvalue weighted by Gasteiger charge is -1.97. The van der Waals surface area contributed by atoms with Gasteiger partial charge >= 0.3 is 0 Å². The summed E-state index contributed by atoms with van der Waals surface area (Å²) in [5.41, 5.74) is 8.46. The number of hydrogen-bond acceptors (Lipinski definition) is 1. The van der Waals surface area contributed by atoms with Gasteiger partial charge in [-0.2, -0.15) is 0 Å². The number of benzene rings is 1. The van der Waals surface area contributed by atoms with E-state index in [0.717, 1.165) is 0 Å². The molecule has 2 N–H and O–H groups in total. The van der Waals surface area contributed by atoms with Gasteiger partial charge in [0.25, 0.3) is 0 Å². The normalized spacial score (nSPS) is 28.5. The Morgan fingerprint density at radius 3 is 2.27 bits per heavy atom. The van der Waals surface area contributed by atoms with Crippen LogP contribution in [0.2, 0.25) is 0 Å². The third kappa shape index (κ3) is 1.29. The minimum absolute atomic E-state index is 0.428. The Kier molecular flexibility index (Phi) is 1.46. The van der Waals surface area contributed by atoms with Gasteiger partial charge in [-0.3, -0.25) is 0 Å². The van der Waals surface area contributed by atoms with Crippen LogP contribution >= 0.6 is 0 Å². The predicted molar refractivity (Wildman–Crippen MR) is 46.5 cm³/mol. The Morgan fingerprint density at radius 2 is 1.82 bits per heavy atom. The van der Waals surface area contributed by atoms with E-state index in [0.29, 0.717) is 12.0 Å². The molecule has 0 saturated heterocycles. The molecule has 1 nitrogen and oxygen atoms in total. The Labute approximate surface area is 67.2 Å². The molecule has 1 fully saturated rings. The molecular weight excluding hydrogens is 134 g/mol. The van der Waals surface area contributed by atoms with Gasteiger partial charge in [0.1, 0.15) is 0 Å². The van der Waals surface area contributed by atoms with Gasteiger partial charge < -0.3 is 5.73 Å². The predicted octanol–water partition coefficient (Wildman–Crippen LogP) is 1.81. The van der Waals surface area contributed by atoms with Crippen LogP contribution in [0.4, 0.5) is 0 Å². The molecule has 1 aliphatic carbocycles. The van der Waals surface area contributed by atoms with Gasteiger partial charge in [-0.15, -0.1) is 0 Å². The second-order valence-electron chi connectivity index (χ2n) is 3.42. The molecule has 0 bridgehead atoms. The zero-order valence-electron chi connectivity index (χ0n) is 6.75. The second-order valence-corrected chi connectivity index (χ2v) is 3.42. The highest BCUT2D eigenvalue weighted by Crippen LogP contribution is 2.38. The Morgan fingerprint density at radius 1 is 1.27 bits per heavy atom. The number of aryl methyl sites for hydroxylation is 1. The summed E-state index contributed by atoms with van der Waals surface area (Å²) >= 11 is 0. The molecule has 0 aromatic heterocycles. The van der Waals surface area contributed by atoms with Gasteiger partial charge in [-0.1, -0.05) is 29.8 Å². The first-order chi connectivity index (χ1) is 5.27. The zero-order valence-corrected chi connectivity index (χ0v) is 6.75. The first-order valence-electron chi connectivity index (χ1n) is 4.09. The van der Waals surface area contributed by atoms with Crippen LogP contribution in [0, 0.1) is 6.92 Å². The summed E-state index contributed by atoms with van der Waals surface area (Å²) < 4.78 is 0. The monoisotopic (exact) mass is 147 g/mol. The van der Waals surface area contributed by atoms with Crippen LogP contribution in [-0.4, -0.2) is 6.04 Å². The lowest BCUT2D eigenvalue weighted by atomic mass is 10.1. The fraction of sp³-hybridized carbons (Fsp3) is 0.400. The second kappa shape index (κ2) is 2.35. The van der Waals surface area contributed by atoms with E-state index in [1.165, 1.54) is 17.5 Å². The van der Waals surface area contributed by atoms with E-state index in [9.17, 15) is 0 Å². The van der Waals surface area contributed by atoms with Crippen molar-refractivity contribution in [1.82, 2.24) is 0 Å². The Hall–Kier alpha value is -0.820. The van der Waals surface area contributed by atoms with Gasteiger partial charge in [0.15, 0.2) is 0 Å². The third-order valence-corrected chi connectivity index (χ3v) is 2.35. The smallest absolute Gasteiger partial charge is 0.0115 e. The Bertz CT molecular complexity index is 250. The summed E-state index contributed by atoms with van der Waals surface area (Å²) in [7, 11) is 0. The van der Waals surface area contributed by atoms with E-state index >= 15 is 0 Å². The molecule has 2 rings (SSSR count). The van der Waals surface area contributed by atoms with Gasteiger partial charge in [0.05, 0.1) is 0 Å². The molecule has 1 unspecified atom stereocenters. The summed E-state index contributed by atoms with van der Waals surface area (Å²) in [5.74, 6) is 0.649. The fourth-order valence-electron chi connectivity index (χ4n) is 1.41. The van der Waals surface area contributed by atoms with Crippen LogP contribution in [0.15, 0.2) is 24.3 Å². The van der Waals surface area contributed by atoms with E-state index < -0.39 is 0 Å². The van der Waals surface area contributed by atoms with Crippen molar-refractivity contribution < 1.29 is 0 Å². The topological polar surface area (TPSA) is 26.0 Å². The van der Waals surface area contributed by atoms with Crippen molar-refractivity contribution in [1.29, 1.82) is 0 Å². The van der Waals surface area contributed by atoms with Gasteiger partial charge in [0, 0.05) is 12.0 Å². The van der Waals surface area contributed by atoms with Crippen molar-refractivity contribution in [3.8, 4) is 0 Å². The number of rotatable bonds is 1. The molecule has 58 valence electrons. The van der Waals surface area contributed by atoms with Crippen molar-refractivity contribution in [2.75, 3.05) is 0 Å². The molecule has 0 aliphatic heterocycles. The molecule has 2 atom stereocenters. The highest BCUT2D eigenvalue weighted by Gasteiger charge is 2.34. The van der Waals surface area contributed by atoms with Crippen molar-refractivity contribution in [3.63, 3.8) is 0 Å². The first-order valence-corrected chi connectivity index (χ1v) is 4.09. The first kappa shape index (κ1) is 6.86. The van der Waals surface area contributed by atoms with Crippen LogP contribution < -0.4 is 5.73 Å². The highest BCUT2D eigenvalue weighted by atomic mass is 14.7. The Balaban J connectivity index is 2.21. The summed E-state index contributed by atoms with van der Waals surface area (Å²) in [4.78, 5) is 0. The average molecular weight is 147 g/mol. The minimum atomic E-state index is 0.428. The SMILES string of the molecule is Cc1ccc(C2C[C@@H]2N)cc1. The third-order valence-electron chi connectivity index (χ3n) is 2.35. The van der Waals surface area contributed by atoms with Crippen molar-refractivity contribution in [2.24, 2.45) is 5.73 Å². The fourth-order valence-corrected chi connectivity index (χ4v) is 1.41. The molecule has 0 heterocycles. The maximum Gasteiger partial charge on any atom is 0.0115 e. The molecule has 0 amide bonds. The summed E-state index contributed by atoms with van der Waals surface area (Å²) in [5, 5.41) is 0. The van der Waals surface area contributed by atoms with Crippen molar-refractivity contribution in [3.05, 3.63) is 35.4 Å². The van der Waals surface area contributed by atoms with Crippen LogP contribution in [0.25, 0.3) is 0 Å². The molecule has 1 aromatic carbocycles. The summed E-state index contributed by atoms with van der Waals surface area (Å²) in [6.07, 6.45) is 1.17. The van der Waals surface area contributed by atoms with Gasteiger partial charge in [-0.25, -0.2) is 0 Å². The average Bonchev–Trinajstić information content (AvgIpc) is 2.69. The summed E-state index contributed by atoms with van der Waals surface area (Å²) in [6, 6.07) is 9.11. The molecule has 0 spiro atoms. The summed E-state index contributed by atoms with van der Waals surface area (Å²) in [6.45, 7) is 2.11. The molecule has 0 radical (unpaired) electrons. The van der Waals surface area contributed by atoms with Gasteiger partial charge in [0.2, 0.25) is 0 Å². The minimum Gasteiger partial charge on any atom is -0.327 e. The quantitative estimate of drug-likeness (QED) is 0.644. The lowest BCUT2D eigenvalue weighted by Crippen LogP contribution is -2.00. The van der Waals surface area contributed by atoms with Gasteiger partial charge in [-0.05, 0) is 18.9 Å². The highest BCUT2D eigenvalue weighted by molar-refractivity contribution is 5.30. The lowest BCUT2D eigenvalue weighted by molar-refractivity contribution is 0.989. The van der Waals surface area contributed by atoms with Crippen LogP contribution in [-0.2, 0) is 0 Å². The van der Waals surface area contributed by atoms with E-state index in [4.69, 9.17) is 5.73 Å². The maximum absolute atomic E-state index is 5.74. The van der Waals surface area contributed by atoms with Crippen molar-refractivity contribution in [2.45, 2.75) is 25.3 Å². The zero-order chi connectivity index (χ0) is 7.84. The standard InChI is InChI=1S/C10H13N/c1-7-2-4-8(5-3-7)9-6-10(9)11/h2-5,9-10H,6,11H2,1H3/t9?,10-/m0/s1. The largest absolute Gasteiger partial charge is 0.327 e. The van der Waals surface area contributed by atoms with E-state index in [1.54, 1.807) is 0 Å². The molecule has 1 heteroatoms. The molecule has 1 aliphatic rings. The van der Waals surface area contributed by atoms with E-state index in [1.807, 2.05) is 0 Å². The van der Waals surface area contributed by atoms with Crippen LogP contribution in [0.1, 0.15) is 23.5 Å².